The molecule has 0 spiro atoms. The number of carbonyl (C=O) groups is 2. The fourth-order valence-electron chi connectivity index (χ4n) is 3.57. The molecule has 0 bridgehead atoms. The first-order valence-corrected chi connectivity index (χ1v) is 9.64. The minimum absolute atomic E-state index is 0. The van der Waals surface area contributed by atoms with Crippen LogP contribution >= 0.6 is 0 Å². The highest BCUT2D eigenvalue weighted by Crippen LogP contribution is 2.12. The molecule has 2 fully saturated rings. The van der Waals surface area contributed by atoms with Gasteiger partial charge in [-0.1, -0.05) is 13.8 Å². The Bertz CT molecular complexity index is 406. The third-order valence-corrected chi connectivity index (χ3v) is 5.18. The maximum absolute atomic E-state index is 12.4. The van der Waals surface area contributed by atoms with Gasteiger partial charge in [0.15, 0.2) is 0 Å². The summed E-state index contributed by atoms with van der Waals surface area (Å²) in [6.45, 7) is 12.1. The maximum Gasteiger partial charge on any atom is 0.223 e. The monoisotopic (exact) mass is 340 g/mol. The normalized spacial score (nSPS) is 21.0. The lowest BCUT2D eigenvalue weighted by atomic mass is 10.0. The van der Waals surface area contributed by atoms with Crippen molar-refractivity contribution in [3.63, 3.8) is 0 Å². The molecule has 0 aromatic rings. The number of amides is 2. The van der Waals surface area contributed by atoms with Crippen LogP contribution in [0.4, 0.5) is 0 Å². The second-order valence-electron chi connectivity index (χ2n) is 7.01. The van der Waals surface area contributed by atoms with E-state index < -0.39 is 0 Å². The van der Waals surface area contributed by atoms with E-state index in [0.29, 0.717) is 12.8 Å². The molecule has 2 aliphatic rings. The lowest BCUT2D eigenvalue weighted by molar-refractivity contribution is -0.132. The van der Waals surface area contributed by atoms with Gasteiger partial charge in [-0.15, -0.1) is 0 Å². The Morgan fingerprint density at radius 3 is 2.08 bits per heavy atom. The average Bonchev–Trinajstić information content (AvgIpc) is 2.61. The van der Waals surface area contributed by atoms with E-state index in [0.717, 1.165) is 58.7 Å². The zero-order valence-corrected chi connectivity index (χ0v) is 15.4. The van der Waals surface area contributed by atoms with Crippen LogP contribution in [-0.2, 0) is 9.59 Å². The topological polar surface area (TPSA) is 55.9 Å². The van der Waals surface area contributed by atoms with E-state index in [1.807, 2.05) is 11.8 Å². The van der Waals surface area contributed by atoms with Crippen molar-refractivity contribution in [3.8, 4) is 0 Å². The molecule has 0 aromatic heterocycles. The summed E-state index contributed by atoms with van der Waals surface area (Å²) in [6.07, 6.45) is 4.14. The zero-order chi connectivity index (χ0) is 17.4. The molecule has 0 aliphatic carbocycles. The van der Waals surface area contributed by atoms with E-state index in [4.69, 9.17) is 0 Å². The third kappa shape index (κ3) is 6.06. The number of likely N-dealkylation sites (tertiary alicyclic amines) is 1. The van der Waals surface area contributed by atoms with Crippen molar-refractivity contribution in [3.05, 3.63) is 0 Å². The molecule has 2 heterocycles. The van der Waals surface area contributed by atoms with Gasteiger partial charge < -0.3 is 20.0 Å². The van der Waals surface area contributed by atoms with Crippen molar-refractivity contribution in [1.29, 1.82) is 0 Å². The Hall–Kier alpha value is -1.14. The number of hydrogen-bond donors (Lipinski definition) is 1. The molecule has 6 heteroatoms. The Kier molecular flexibility index (Phi) is 7.99. The van der Waals surface area contributed by atoms with Gasteiger partial charge in [0.25, 0.3) is 0 Å². The number of carbonyl (C=O) groups excluding carboxylic acids is 2. The predicted molar refractivity (Wildman–Crippen MR) is 97.9 cm³/mol. The zero-order valence-electron chi connectivity index (χ0n) is 15.4. The Labute approximate surface area is 148 Å². The fourth-order valence-corrected chi connectivity index (χ4v) is 3.57. The van der Waals surface area contributed by atoms with E-state index >= 15 is 0 Å². The van der Waals surface area contributed by atoms with Crippen molar-refractivity contribution in [2.75, 3.05) is 52.4 Å². The van der Waals surface area contributed by atoms with Gasteiger partial charge in [-0.05, 0) is 25.8 Å². The van der Waals surface area contributed by atoms with Gasteiger partial charge in [0.1, 0.15) is 0 Å². The van der Waals surface area contributed by atoms with Crippen molar-refractivity contribution in [2.45, 2.75) is 52.0 Å². The van der Waals surface area contributed by atoms with Gasteiger partial charge in [0.05, 0.1) is 0 Å². The van der Waals surface area contributed by atoms with Crippen LogP contribution < -0.4 is 5.32 Å². The minimum atomic E-state index is 0. The number of nitrogens with zero attached hydrogens (tertiary/aromatic N) is 3. The Morgan fingerprint density at radius 2 is 1.54 bits per heavy atom. The first-order valence-electron chi connectivity index (χ1n) is 9.64. The molecule has 6 nitrogen and oxygen atoms in total. The van der Waals surface area contributed by atoms with Gasteiger partial charge in [-0.2, -0.15) is 0 Å². The lowest BCUT2D eigenvalue weighted by Crippen LogP contribution is -2.49. The Balaban J connectivity index is 0.00000312. The van der Waals surface area contributed by atoms with Gasteiger partial charge >= 0.3 is 0 Å². The maximum atomic E-state index is 12.4. The lowest BCUT2D eigenvalue weighted by Gasteiger charge is -2.35. The van der Waals surface area contributed by atoms with Crippen LogP contribution in [0, 0.1) is 0 Å². The largest absolute Gasteiger partial charge is 0.353 e. The summed E-state index contributed by atoms with van der Waals surface area (Å²) in [5.74, 6) is 0.383. The average molecular weight is 341 g/mol. The standard InChI is InChI=1S/C18H34N4O2.H2/c1-3-8-20-12-14-21(15-13-20)9-7-18(24)22-10-5-16(6-11-22)19-17(23)4-2;/h16H,3-15H2,1-2H3,(H,19,23);1H. The summed E-state index contributed by atoms with van der Waals surface area (Å²) in [5, 5.41) is 3.04. The summed E-state index contributed by atoms with van der Waals surface area (Å²) in [4.78, 5) is 30.7. The van der Waals surface area contributed by atoms with Gasteiger partial charge in [0.2, 0.25) is 11.8 Å². The summed E-state index contributed by atoms with van der Waals surface area (Å²) in [7, 11) is 0. The summed E-state index contributed by atoms with van der Waals surface area (Å²) >= 11 is 0. The highest BCUT2D eigenvalue weighted by Gasteiger charge is 2.24. The van der Waals surface area contributed by atoms with Crippen LogP contribution in [0.3, 0.4) is 0 Å². The smallest absolute Gasteiger partial charge is 0.223 e. The van der Waals surface area contributed by atoms with Gasteiger partial charge in [-0.25, -0.2) is 0 Å². The molecule has 24 heavy (non-hydrogen) atoms. The van der Waals surface area contributed by atoms with Crippen LogP contribution in [0.5, 0.6) is 0 Å². The number of rotatable bonds is 7. The van der Waals surface area contributed by atoms with Gasteiger partial charge in [-0.3, -0.25) is 9.59 Å². The molecule has 0 atom stereocenters. The fraction of sp³-hybridized carbons (Fsp3) is 0.889. The molecule has 2 saturated heterocycles. The summed E-state index contributed by atoms with van der Waals surface area (Å²) in [5.41, 5.74) is 0. The number of nitrogens with one attached hydrogen (secondary N) is 1. The molecular formula is C18H36N4O2. The molecule has 2 aliphatic heterocycles. The second kappa shape index (κ2) is 9.99. The van der Waals surface area contributed by atoms with Crippen molar-refractivity contribution in [2.24, 2.45) is 0 Å². The molecule has 1 N–H and O–H groups in total. The second-order valence-corrected chi connectivity index (χ2v) is 7.01. The van der Waals surface area contributed by atoms with E-state index in [1.165, 1.54) is 13.0 Å². The van der Waals surface area contributed by atoms with Crippen molar-refractivity contribution < 1.29 is 11.0 Å². The Morgan fingerprint density at radius 1 is 0.958 bits per heavy atom. The molecule has 2 amide bonds. The van der Waals surface area contributed by atoms with E-state index in [-0.39, 0.29) is 19.3 Å². The molecule has 0 saturated carbocycles. The van der Waals surface area contributed by atoms with Crippen molar-refractivity contribution in [1.82, 2.24) is 20.0 Å². The number of hydrogen-bond acceptors (Lipinski definition) is 4. The van der Waals surface area contributed by atoms with E-state index in [9.17, 15) is 9.59 Å². The van der Waals surface area contributed by atoms with Crippen LogP contribution in [0.25, 0.3) is 0 Å². The molecular weight excluding hydrogens is 304 g/mol. The minimum Gasteiger partial charge on any atom is -0.353 e. The molecule has 0 unspecified atom stereocenters. The molecule has 2 rings (SSSR count). The summed E-state index contributed by atoms with van der Waals surface area (Å²) in [6, 6.07) is 0.244. The highest BCUT2D eigenvalue weighted by atomic mass is 16.2. The van der Waals surface area contributed by atoms with E-state index in [1.54, 1.807) is 0 Å². The van der Waals surface area contributed by atoms with Crippen LogP contribution in [-0.4, -0.2) is 84.9 Å². The number of piperazine rings is 1. The highest BCUT2D eigenvalue weighted by molar-refractivity contribution is 5.77. The first-order chi connectivity index (χ1) is 11.6. The first kappa shape index (κ1) is 19.2. The molecule has 140 valence electrons. The van der Waals surface area contributed by atoms with Crippen LogP contribution in [0.15, 0.2) is 0 Å². The molecule has 0 aromatic carbocycles. The quantitative estimate of drug-likeness (QED) is 0.756. The summed E-state index contributed by atoms with van der Waals surface area (Å²) < 4.78 is 0. The van der Waals surface area contributed by atoms with Crippen LogP contribution in [0.1, 0.15) is 47.4 Å². The predicted octanol–water partition coefficient (Wildman–Crippen LogP) is 1.17. The number of piperidine rings is 1. The third-order valence-electron chi connectivity index (χ3n) is 5.18. The van der Waals surface area contributed by atoms with Crippen molar-refractivity contribution >= 4 is 11.8 Å². The van der Waals surface area contributed by atoms with E-state index in [2.05, 4.69) is 22.0 Å². The SMILES string of the molecule is CCCN1CCN(CCC(=O)N2CCC(NC(=O)CC)CC2)CC1.[HH]. The van der Waals surface area contributed by atoms with Crippen LogP contribution in [0.2, 0.25) is 0 Å². The van der Waals surface area contributed by atoms with Gasteiger partial charge in [0, 0.05) is 66.1 Å². The molecule has 0 radical (unpaired) electrons.